The Morgan fingerprint density at radius 1 is 0.913 bits per heavy atom. The molecule has 3 heteroatoms. The summed E-state index contributed by atoms with van der Waals surface area (Å²) in [6.45, 7) is 2.19. The first kappa shape index (κ1) is 19.3. The highest BCUT2D eigenvalue weighted by molar-refractivity contribution is 5.66. The van der Waals surface area contributed by atoms with Crippen molar-refractivity contribution in [3.63, 3.8) is 0 Å². The van der Waals surface area contributed by atoms with Gasteiger partial charge in [-0.1, -0.05) is 56.2 Å². The molecule has 0 aliphatic carbocycles. The third kappa shape index (κ3) is 18.2. The van der Waals surface area contributed by atoms with Gasteiger partial charge in [0.15, 0.2) is 0 Å². The minimum absolute atomic E-state index is 0.345. The fraction of sp³-hybridized carbons (Fsp3) is 0.550. The van der Waals surface area contributed by atoms with Crippen molar-refractivity contribution < 1.29 is 16.4 Å². The minimum atomic E-state index is -1.06. The number of carboxylic acid groups (broad SMARTS) is 1. The lowest BCUT2D eigenvalue weighted by Crippen LogP contribution is -1.92. The molecule has 0 aromatic heterocycles. The molecule has 0 radical (unpaired) electrons. The smallest absolute Gasteiger partial charge is 0.303 e. The van der Waals surface area contributed by atoms with Gasteiger partial charge in [0.2, 0.25) is 0 Å². The van der Waals surface area contributed by atoms with E-state index in [0.717, 1.165) is 12.8 Å². The normalized spacial score (nSPS) is 14.8. The van der Waals surface area contributed by atoms with E-state index in [-0.39, 0.29) is 0 Å². The van der Waals surface area contributed by atoms with Gasteiger partial charge in [-0.2, -0.15) is 0 Å². The lowest BCUT2D eigenvalue weighted by molar-refractivity contribution is -0.137. The number of aliphatic hydroxyl groups is 1. The molecular formula is C20H32O3. The van der Waals surface area contributed by atoms with Crippen LogP contribution >= 0.6 is 0 Å². The average molecular weight is 321 g/mol. The van der Waals surface area contributed by atoms with Gasteiger partial charge in [-0.15, -0.1) is 0 Å². The van der Waals surface area contributed by atoms with Crippen LogP contribution < -0.4 is 0 Å². The van der Waals surface area contributed by atoms with Crippen LogP contribution in [0.4, 0.5) is 0 Å². The molecule has 1 unspecified atom stereocenters. The fourth-order valence-corrected chi connectivity index (χ4v) is 1.91. The average Bonchev–Trinajstić information content (AvgIpc) is 2.56. The van der Waals surface area contributed by atoms with Crippen molar-refractivity contribution in [3.8, 4) is 0 Å². The number of unbranched alkanes of at least 4 members (excludes halogenated alkanes) is 3. The highest BCUT2D eigenvalue weighted by Gasteiger charge is 1.92. The monoisotopic (exact) mass is 321 g/mol. The fourth-order valence-electron chi connectivity index (χ4n) is 1.91. The topological polar surface area (TPSA) is 57.5 Å². The van der Waals surface area contributed by atoms with Crippen molar-refractivity contribution in [3.05, 3.63) is 48.3 Å². The summed E-state index contributed by atoms with van der Waals surface area (Å²) in [5.74, 6) is -0.664. The van der Waals surface area contributed by atoms with Gasteiger partial charge >= 0.3 is 5.97 Å². The second kappa shape index (κ2) is 16.6. The molecule has 0 heterocycles. The highest BCUT2D eigenvalue weighted by Crippen LogP contribution is 2.04. The van der Waals surface area contributed by atoms with Crippen LogP contribution in [-0.2, 0) is 4.79 Å². The molecule has 0 bridgehead atoms. The molecule has 0 aliphatic rings. The predicted molar refractivity (Wildman–Crippen MR) is 97.6 cm³/mol. The van der Waals surface area contributed by atoms with Gasteiger partial charge in [0.1, 0.15) is 0 Å². The first-order chi connectivity index (χ1) is 11.6. The first-order valence-corrected chi connectivity index (χ1v) is 8.56. The molecular weight excluding hydrogens is 288 g/mol. The van der Waals surface area contributed by atoms with Crippen molar-refractivity contribution >= 4 is 5.97 Å². The van der Waals surface area contributed by atoms with Gasteiger partial charge in [-0.25, -0.2) is 0 Å². The molecule has 0 aromatic carbocycles. The summed E-state index contributed by atoms with van der Waals surface area (Å²) in [5, 5.41) is 18.3. The maximum Gasteiger partial charge on any atom is 0.303 e. The van der Waals surface area contributed by atoms with E-state index in [1.807, 2.05) is 36.5 Å². The van der Waals surface area contributed by atoms with Gasteiger partial charge < -0.3 is 10.2 Å². The van der Waals surface area contributed by atoms with Crippen LogP contribution in [0.1, 0.15) is 72.5 Å². The Bertz CT molecular complexity index is 436. The van der Waals surface area contributed by atoms with Crippen LogP contribution in [0.5, 0.6) is 0 Å². The van der Waals surface area contributed by atoms with Crippen molar-refractivity contribution in [2.75, 3.05) is 0 Å². The van der Waals surface area contributed by atoms with E-state index in [2.05, 4.69) is 13.0 Å². The van der Waals surface area contributed by atoms with Crippen LogP contribution in [0.3, 0.4) is 0 Å². The molecule has 0 saturated heterocycles. The number of hydrogen-bond donors (Lipinski definition) is 2. The summed E-state index contributed by atoms with van der Waals surface area (Å²) in [6.07, 6.45) is 20.6. The van der Waals surface area contributed by atoms with Gasteiger partial charge in [0.25, 0.3) is 0 Å². The summed E-state index contributed by atoms with van der Waals surface area (Å²) >= 11 is 0. The number of carboxylic acids is 1. The summed E-state index contributed by atoms with van der Waals surface area (Å²) < 4.78 is 7.25. The number of rotatable bonds is 14. The van der Waals surface area contributed by atoms with E-state index in [4.69, 9.17) is 6.48 Å². The van der Waals surface area contributed by atoms with E-state index in [1.165, 1.54) is 19.3 Å². The predicted octanol–water partition coefficient (Wildman–Crippen LogP) is 6.10. The Kier molecular flexibility index (Phi) is 13.9. The van der Waals surface area contributed by atoms with Gasteiger partial charge in [-0.3, -0.25) is 4.79 Å². The number of carbonyl (C=O) groups is 1. The van der Waals surface area contributed by atoms with Crippen molar-refractivity contribution in [2.24, 2.45) is 0 Å². The molecule has 2 N–H and O–H groups in total. The number of aliphatic hydroxyl groups excluding tert-OH is 1. The molecule has 0 spiro atoms. The maximum absolute atomic E-state index is 10.5. The summed E-state index contributed by atoms with van der Waals surface area (Å²) in [6, 6.07) is 0. The quantitative estimate of drug-likeness (QED) is 0.231. The minimum Gasteiger partial charge on any atom is -0.512 e. The largest absolute Gasteiger partial charge is 0.512 e. The van der Waals surface area contributed by atoms with E-state index in [9.17, 15) is 9.90 Å². The lowest BCUT2D eigenvalue weighted by atomic mass is 10.2. The highest BCUT2D eigenvalue weighted by atomic mass is 16.4. The van der Waals surface area contributed by atoms with Crippen molar-refractivity contribution in [1.29, 1.82) is 0 Å². The summed E-state index contributed by atoms with van der Waals surface area (Å²) in [7, 11) is 0. The van der Waals surface area contributed by atoms with Crippen LogP contribution in [-0.4, -0.2) is 16.2 Å². The van der Waals surface area contributed by atoms with Crippen molar-refractivity contribution in [1.82, 2.24) is 0 Å². The van der Waals surface area contributed by atoms with E-state index >= 15 is 0 Å². The third-order valence-electron chi connectivity index (χ3n) is 3.22. The van der Waals surface area contributed by atoms with E-state index in [1.54, 1.807) is 0 Å². The van der Waals surface area contributed by atoms with E-state index < -0.39 is 12.4 Å². The molecule has 130 valence electrons. The van der Waals surface area contributed by atoms with Gasteiger partial charge in [-0.05, 0) is 44.6 Å². The molecule has 3 nitrogen and oxygen atoms in total. The van der Waals surface area contributed by atoms with Gasteiger partial charge in [0, 0.05) is 14.2 Å². The van der Waals surface area contributed by atoms with E-state index in [0.29, 0.717) is 31.4 Å². The Morgan fingerprint density at radius 2 is 1.57 bits per heavy atom. The molecule has 0 fully saturated rings. The summed E-state index contributed by atoms with van der Waals surface area (Å²) in [4.78, 5) is 10.5. The zero-order chi connectivity index (χ0) is 18.0. The standard InChI is InChI=1S/C20H32O3/c1-2-3-4-5-10-13-16-19(21)17-14-11-8-6-7-9-12-15-18-20(22)23/h7-11,13,17,21H,2-6,12,14-16,18H2,1H3,(H,22,23)/b9-7-,11-8-,13-10-,19-17+/i18D. The first-order valence-electron chi connectivity index (χ1n) is 9.13. The molecule has 0 amide bonds. The Hall–Kier alpha value is -1.77. The second-order valence-electron chi connectivity index (χ2n) is 5.40. The Morgan fingerprint density at radius 3 is 2.30 bits per heavy atom. The SMILES string of the molecule is [2H]C(CC/C=C\C/C=C\C/C=C(/O)C/C=C\CCCCC)C(=O)O. The second-order valence-corrected chi connectivity index (χ2v) is 5.40. The summed E-state index contributed by atoms with van der Waals surface area (Å²) in [5.41, 5.74) is 0. The van der Waals surface area contributed by atoms with Crippen LogP contribution in [0, 0.1) is 0 Å². The molecule has 0 aromatic rings. The molecule has 1 atom stereocenters. The lowest BCUT2D eigenvalue weighted by Gasteiger charge is -1.94. The Balaban J connectivity index is 3.70. The molecule has 23 heavy (non-hydrogen) atoms. The number of aliphatic carboxylic acids is 1. The molecule has 0 aliphatic heterocycles. The zero-order valence-electron chi connectivity index (χ0n) is 15.3. The Labute approximate surface area is 142 Å². The zero-order valence-corrected chi connectivity index (χ0v) is 14.3. The van der Waals surface area contributed by atoms with Crippen LogP contribution in [0.15, 0.2) is 48.3 Å². The van der Waals surface area contributed by atoms with Crippen molar-refractivity contribution in [2.45, 2.75) is 71.1 Å². The third-order valence-corrected chi connectivity index (χ3v) is 3.22. The number of allylic oxidation sites excluding steroid dienone is 7. The number of hydrogen-bond acceptors (Lipinski definition) is 2. The molecule has 0 rings (SSSR count). The maximum atomic E-state index is 10.5. The van der Waals surface area contributed by atoms with Gasteiger partial charge in [0.05, 0.1) is 5.76 Å². The van der Waals surface area contributed by atoms with Crippen LogP contribution in [0.25, 0.3) is 0 Å². The van der Waals surface area contributed by atoms with Crippen LogP contribution in [0.2, 0.25) is 0 Å². The molecule has 0 saturated carbocycles.